The molecule has 0 saturated carbocycles. The Hall–Kier alpha value is -5.41. The van der Waals surface area contributed by atoms with Crippen molar-refractivity contribution in [2.45, 2.75) is 6.61 Å². The third-order valence-corrected chi connectivity index (χ3v) is 6.86. The maximum atomic E-state index is 13.5. The summed E-state index contributed by atoms with van der Waals surface area (Å²) in [6.45, 7) is 0.137. The molecule has 2 heterocycles. The summed E-state index contributed by atoms with van der Waals surface area (Å²) in [6.07, 6.45) is 1.50. The Morgan fingerprint density at radius 2 is 1.83 bits per heavy atom. The molecule has 9 nitrogen and oxygen atoms in total. The molecule has 0 unspecified atom stereocenters. The highest BCUT2D eigenvalue weighted by Crippen LogP contribution is 2.33. The SMILES string of the molecule is COc1cccc2oc(-c3nc4ccccc4c(=O)n3N=Cc3ccc(OCc4cccc(C(=O)O)c4)c(Cl)c3)cc12. The first-order valence-corrected chi connectivity index (χ1v) is 13.2. The van der Waals surface area contributed by atoms with Gasteiger partial charge < -0.3 is 19.0 Å². The van der Waals surface area contributed by atoms with E-state index in [9.17, 15) is 14.7 Å². The molecule has 0 aliphatic heterocycles. The van der Waals surface area contributed by atoms with Crippen LogP contribution < -0.4 is 15.0 Å². The first kappa shape index (κ1) is 26.8. The number of ether oxygens (including phenoxy) is 2. The molecule has 10 heteroatoms. The van der Waals surface area contributed by atoms with Gasteiger partial charge >= 0.3 is 5.97 Å². The molecule has 4 aromatic carbocycles. The summed E-state index contributed by atoms with van der Waals surface area (Å²) in [7, 11) is 1.58. The van der Waals surface area contributed by atoms with Crippen molar-refractivity contribution in [3.8, 4) is 23.1 Å². The van der Waals surface area contributed by atoms with Gasteiger partial charge in [0.2, 0.25) is 5.82 Å². The van der Waals surface area contributed by atoms with Crippen LogP contribution in [0.15, 0.2) is 105 Å². The molecule has 42 heavy (non-hydrogen) atoms. The predicted molar refractivity (Wildman–Crippen MR) is 160 cm³/mol. The van der Waals surface area contributed by atoms with Gasteiger partial charge in [-0.25, -0.2) is 9.78 Å². The van der Waals surface area contributed by atoms with E-state index in [0.717, 1.165) is 5.39 Å². The number of halogens is 1. The molecule has 0 fully saturated rings. The Morgan fingerprint density at radius 1 is 1.00 bits per heavy atom. The van der Waals surface area contributed by atoms with E-state index in [1.807, 2.05) is 24.3 Å². The lowest BCUT2D eigenvalue weighted by atomic mass is 10.1. The average Bonchev–Trinajstić information content (AvgIpc) is 3.45. The molecule has 0 aliphatic rings. The van der Waals surface area contributed by atoms with Crippen molar-refractivity contribution in [3.05, 3.63) is 123 Å². The summed E-state index contributed by atoms with van der Waals surface area (Å²) in [5.41, 5.74) is 2.20. The second-order valence-corrected chi connectivity index (χ2v) is 9.69. The number of hydrogen-bond acceptors (Lipinski definition) is 7. The summed E-state index contributed by atoms with van der Waals surface area (Å²) < 4.78 is 18.5. The minimum atomic E-state index is -1.01. The minimum absolute atomic E-state index is 0.137. The Labute approximate surface area is 243 Å². The molecule has 0 radical (unpaired) electrons. The third-order valence-electron chi connectivity index (χ3n) is 6.56. The lowest BCUT2D eigenvalue weighted by Crippen LogP contribution is -2.20. The molecule has 0 atom stereocenters. The van der Waals surface area contributed by atoms with Crippen molar-refractivity contribution >= 4 is 45.7 Å². The van der Waals surface area contributed by atoms with Crippen molar-refractivity contribution in [1.29, 1.82) is 0 Å². The van der Waals surface area contributed by atoms with Gasteiger partial charge in [0.25, 0.3) is 5.56 Å². The summed E-state index contributed by atoms with van der Waals surface area (Å²) in [5.74, 6) is 0.608. The number of nitrogens with zero attached hydrogens (tertiary/aromatic N) is 3. The zero-order valence-corrected chi connectivity index (χ0v) is 22.9. The smallest absolute Gasteiger partial charge is 0.335 e. The highest BCUT2D eigenvalue weighted by molar-refractivity contribution is 6.32. The van der Waals surface area contributed by atoms with Crippen LogP contribution in [-0.2, 0) is 6.61 Å². The number of carboxylic acid groups (broad SMARTS) is 1. The van der Waals surface area contributed by atoms with Crippen molar-refractivity contribution < 1.29 is 23.8 Å². The number of para-hydroxylation sites is 1. The number of carbonyl (C=O) groups is 1. The molecule has 1 N–H and O–H groups in total. The maximum absolute atomic E-state index is 13.5. The van der Waals surface area contributed by atoms with E-state index in [-0.39, 0.29) is 23.6 Å². The molecule has 0 aliphatic carbocycles. The van der Waals surface area contributed by atoms with Gasteiger partial charge in [0.1, 0.15) is 23.7 Å². The van der Waals surface area contributed by atoms with Gasteiger partial charge in [0.05, 0.1) is 40.2 Å². The molecule has 0 amide bonds. The van der Waals surface area contributed by atoms with Crippen molar-refractivity contribution in [1.82, 2.24) is 9.66 Å². The minimum Gasteiger partial charge on any atom is -0.496 e. The van der Waals surface area contributed by atoms with E-state index >= 15 is 0 Å². The maximum Gasteiger partial charge on any atom is 0.335 e. The van der Waals surface area contributed by atoms with Crippen LogP contribution in [0.3, 0.4) is 0 Å². The largest absolute Gasteiger partial charge is 0.496 e. The summed E-state index contributed by atoms with van der Waals surface area (Å²) in [6, 6.07) is 25.8. The van der Waals surface area contributed by atoms with Gasteiger partial charge in [0.15, 0.2) is 5.76 Å². The number of fused-ring (bicyclic) bond motifs is 2. The predicted octanol–water partition coefficient (Wildman–Crippen LogP) is 6.63. The van der Waals surface area contributed by atoms with Crippen molar-refractivity contribution in [3.63, 3.8) is 0 Å². The number of hydrogen-bond donors (Lipinski definition) is 1. The second kappa shape index (κ2) is 11.2. The number of carboxylic acids is 1. The summed E-state index contributed by atoms with van der Waals surface area (Å²) >= 11 is 6.48. The fourth-order valence-electron chi connectivity index (χ4n) is 4.51. The highest BCUT2D eigenvalue weighted by Gasteiger charge is 2.18. The van der Waals surface area contributed by atoms with E-state index in [1.165, 1.54) is 17.0 Å². The van der Waals surface area contributed by atoms with E-state index < -0.39 is 5.97 Å². The van der Waals surface area contributed by atoms with E-state index in [4.69, 9.17) is 30.5 Å². The van der Waals surface area contributed by atoms with Gasteiger partial charge in [0, 0.05) is 0 Å². The zero-order chi connectivity index (χ0) is 29.2. The van der Waals surface area contributed by atoms with Crippen LogP contribution >= 0.6 is 11.6 Å². The quantitative estimate of drug-likeness (QED) is 0.201. The van der Waals surface area contributed by atoms with Crippen LogP contribution in [0.1, 0.15) is 21.5 Å². The first-order valence-electron chi connectivity index (χ1n) is 12.8. The van der Waals surface area contributed by atoms with Gasteiger partial charge in [-0.15, -0.1) is 0 Å². The van der Waals surface area contributed by atoms with Gasteiger partial charge in [-0.3, -0.25) is 4.79 Å². The highest BCUT2D eigenvalue weighted by atomic mass is 35.5. The molecule has 6 aromatic rings. The first-order chi connectivity index (χ1) is 20.4. The molecule has 6 rings (SSSR count). The van der Waals surface area contributed by atoms with Crippen LogP contribution in [0.2, 0.25) is 5.02 Å². The molecule has 208 valence electrons. The van der Waals surface area contributed by atoms with Crippen LogP contribution in [0.5, 0.6) is 11.5 Å². The van der Waals surface area contributed by atoms with Gasteiger partial charge in [-0.1, -0.05) is 41.9 Å². The Kier molecular flexibility index (Phi) is 7.16. The third kappa shape index (κ3) is 5.21. The van der Waals surface area contributed by atoms with Crippen LogP contribution in [-0.4, -0.2) is 34.1 Å². The number of aromatic carboxylic acids is 1. The van der Waals surface area contributed by atoms with Crippen molar-refractivity contribution in [2.24, 2.45) is 5.10 Å². The summed E-state index contributed by atoms with van der Waals surface area (Å²) in [5, 5.41) is 15.1. The van der Waals surface area contributed by atoms with E-state index in [1.54, 1.807) is 67.8 Å². The number of rotatable bonds is 8. The normalized spacial score (nSPS) is 11.4. The second-order valence-electron chi connectivity index (χ2n) is 9.28. The number of methoxy groups -OCH3 is 1. The number of aromatic nitrogens is 2. The van der Waals surface area contributed by atoms with Crippen LogP contribution in [0.25, 0.3) is 33.5 Å². The number of furan rings is 1. The Bertz CT molecular complexity index is 2060. The molecular formula is C32H22ClN3O6. The topological polar surface area (TPSA) is 116 Å². The van der Waals surface area contributed by atoms with Crippen LogP contribution in [0, 0.1) is 0 Å². The van der Waals surface area contributed by atoms with Gasteiger partial charge in [-0.2, -0.15) is 9.78 Å². The van der Waals surface area contributed by atoms with Crippen molar-refractivity contribution in [2.75, 3.05) is 7.11 Å². The molecule has 2 aromatic heterocycles. The van der Waals surface area contributed by atoms with E-state index in [0.29, 0.717) is 49.9 Å². The summed E-state index contributed by atoms with van der Waals surface area (Å²) in [4.78, 5) is 29.5. The molecule has 0 bridgehead atoms. The molecular weight excluding hydrogens is 558 g/mol. The van der Waals surface area contributed by atoms with Gasteiger partial charge in [-0.05, 0) is 71.8 Å². The number of benzene rings is 4. The lowest BCUT2D eigenvalue weighted by Gasteiger charge is -2.10. The molecule has 0 spiro atoms. The fraction of sp³-hybridized carbons (Fsp3) is 0.0625. The lowest BCUT2D eigenvalue weighted by molar-refractivity contribution is 0.0696. The van der Waals surface area contributed by atoms with E-state index in [2.05, 4.69) is 5.10 Å². The Morgan fingerprint density at radius 3 is 2.64 bits per heavy atom. The standard InChI is InChI=1S/C32H22ClN3O6/c1-40-26-10-5-11-27-23(26)16-29(42-27)30-35-25-9-3-2-8-22(25)31(37)36(30)34-17-19-12-13-28(24(33)15-19)41-18-20-6-4-7-21(14-20)32(38)39/h2-17H,18H2,1H3,(H,38,39). The Balaban J connectivity index is 1.33. The molecule has 0 saturated heterocycles. The average molecular weight is 580 g/mol. The monoisotopic (exact) mass is 579 g/mol. The fourth-order valence-corrected chi connectivity index (χ4v) is 4.75. The van der Waals surface area contributed by atoms with Crippen LogP contribution in [0.4, 0.5) is 0 Å². The zero-order valence-electron chi connectivity index (χ0n) is 22.2.